The average Bonchev–Trinajstić information content (AvgIpc) is 3.29. The number of anilines is 1. The predicted octanol–water partition coefficient (Wildman–Crippen LogP) is 3.80. The summed E-state index contributed by atoms with van der Waals surface area (Å²) in [4.78, 5) is 27.4. The van der Waals surface area contributed by atoms with Gasteiger partial charge in [-0.05, 0) is 81.4 Å². The molecular formula is C27H34ClN7O. The zero-order valence-electron chi connectivity index (χ0n) is 20.5. The molecule has 0 bridgehead atoms. The number of amides is 1. The maximum Gasteiger partial charge on any atom is 0.225 e. The number of likely N-dealkylation sites (tertiary alicyclic amines) is 1. The number of aromatic amines is 1. The lowest BCUT2D eigenvalue weighted by Crippen LogP contribution is -2.59. The summed E-state index contributed by atoms with van der Waals surface area (Å²) >= 11 is 6.39. The minimum Gasteiger partial charge on any atom is -0.367 e. The number of carbonyl (C=O) groups excluding carboxylic acids is 1. The maximum absolute atomic E-state index is 12.8. The third-order valence-electron chi connectivity index (χ3n) is 8.09. The number of hydrogen-bond donors (Lipinski definition) is 4. The van der Waals surface area contributed by atoms with Gasteiger partial charge in [-0.15, -0.1) is 0 Å². The van der Waals surface area contributed by atoms with E-state index in [9.17, 15) is 4.79 Å². The van der Waals surface area contributed by atoms with Gasteiger partial charge in [0, 0.05) is 54.6 Å². The van der Waals surface area contributed by atoms with Crippen molar-refractivity contribution >= 4 is 34.4 Å². The van der Waals surface area contributed by atoms with E-state index in [-0.39, 0.29) is 17.9 Å². The number of piperidine rings is 1. The van der Waals surface area contributed by atoms with Gasteiger partial charge in [-0.3, -0.25) is 9.69 Å². The summed E-state index contributed by atoms with van der Waals surface area (Å²) in [6, 6.07) is 9.19. The van der Waals surface area contributed by atoms with Crippen molar-refractivity contribution in [1.82, 2.24) is 30.5 Å². The number of rotatable bonds is 6. The second-order valence-corrected chi connectivity index (χ2v) is 10.9. The predicted molar refractivity (Wildman–Crippen MR) is 143 cm³/mol. The van der Waals surface area contributed by atoms with Gasteiger partial charge in [0.25, 0.3) is 0 Å². The van der Waals surface area contributed by atoms with E-state index in [0.717, 1.165) is 79.8 Å². The second-order valence-electron chi connectivity index (χ2n) is 10.5. The summed E-state index contributed by atoms with van der Waals surface area (Å²) < 4.78 is 0. The Morgan fingerprint density at radius 2 is 1.83 bits per heavy atom. The van der Waals surface area contributed by atoms with Gasteiger partial charge in [-0.1, -0.05) is 11.6 Å². The first-order valence-electron chi connectivity index (χ1n) is 13.2. The average molecular weight is 508 g/mol. The Bertz CT molecular complexity index is 1210. The van der Waals surface area contributed by atoms with E-state index in [1.54, 1.807) is 6.20 Å². The lowest BCUT2D eigenvalue weighted by atomic mass is 9.89. The number of carbonyl (C=O) groups is 1. The molecule has 3 aromatic rings. The van der Waals surface area contributed by atoms with Crippen LogP contribution in [0.1, 0.15) is 38.5 Å². The van der Waals surface area contributed by atoms with Crippen LogP contribution in [0, 0.1) is 5.92 Å². The van der Waals surface area contributed by atoms with Crippen molar-refractivity contribution < 1.29 is 4.79 Å². The summed E-state index contributed by atoms with van der Waals surface area (Å²) in [6.07, 6.45) is 10.1. The van der Waals surface area contributed by atoms with Gasteiger partial charge in [0.05, 0.1) is 5.92 Å². The van der Waals surface area contributed by atoms with E-state index >= 15 is 0 Å². The minimum absolute atomic E-state index is 0.157. The van der Waals surface area contributed by atoms with Crippen LogP contribution >= 0.6 is 11.6 Å². The molecule has 3 aliphatic rings. The van der Waals surface area contributed by atoms with Crippen LogP contribution in [-0.4, -0.2) is 70.1 Å². The molecular weight excluding hydrogens is 474 g/mol. The number of hydrogen-bond acceptors (Lipinski definition) is 6. The monoisotopic (exact) mass is 507 g/mol. The Hall–Kier alpha value is -2.68. The van der Waals surface area contributed by atoms with Crippen LogP contribution in [0.2, 0.25) is 5.15 Å². The van der Waals surface area contributed by atoms with Gasteiger partial charge in [-0.2, -0.15) is 0 Å². The molecule has 3 aromatic heterocycles. The van der Waals surface area contributed by atoms with Crippen molar-refractivity contribution in [1.29, 1.82) is 0 Å². The molecule has 36 heavy (non-hydrogen) atoms. The van der Waals surface area contributed by atoms with Crippen molar-refractivity contribution in [3.8, 4) is 11.1 Å². The second kappa shape index (κ2) is 10.4. The van der Waals surface area contributed by atoms with Crippen molar-refractivity contribution in [2.75, 3.05) is 31.5 Å². The molecule has 8 nitrogen and oxygen atoms in total. The first kappa shape index (κ1) is 23.7. The molecule has 1 amide bonds. The van der Waals surface area contributed by atoms with E-state index in [2.05, 4.69) is 47.9 Å². The molecule has 0 atom stereocenters. The van der Waals surface area contributed by atoms with Crippen LogP contribution in [0.4, 0.5) is 5.82 Å². The third-order valence-corrected chi connectivity index (χ3v) is 8.28. The summed E-state index contributed by atoms with van der Waals surface area (Å²) in [5.74, 6) is 1.19. The van der Waals surface area contributed by atoms with Crippen LogP contribution in [0.15, 0.2) is 36.7 Å². The Balaban J connectivity index is 1.00. The molecule has 5 heterocycles. The Morgan fingerprint density at radius 3 is 2.64 bits per heavy atom. The molecule has 0 spiro atoms. The molecule has 0 radical (unpaired) electrons. The van der Waals surface area contributed by atoms with E-state index in [4.69, 9.17) is 11.6 Å². The first-order chi connectivity index (χ1) is 17.6. The number of nitrogens with one attached hydrogen (secondary N) is 4. The number of aromatic nitrogens is 3. The van der Waals surface area contributed by atoms with Crippen molar-refractivity contribution in [3.63, 3.8) is 0 Å². The number of halogens is 1. The molecule has 1 saturated carbocycles. The Kier molecular flexibility index (Phi) is 6.82. The zero-order valence-corrected chi connectivity index (χ0v) is 21.2. The lowest BCUT2D eigenvalue weighted by molar-refractivity contribution is -0.132. The number of fused-ring (bicyclic) bond motifs is 1. The van der Waals surface area contributed by atoms with Crippen LogP contribution in [0.25, 0.3) is 22.2 Å². The number of H-pyrrole nitrogens is 1. The van der Waals surface area contributed by atoms with Crippen LogP contribution < -0.4 is 16.0 Å². The fourth-order valence-corrected chi connectivity index (χ4v) is 6.19. The maximum atomic E-state index is 12.8. The van der Waals surface area contributed by atoms with Gasteiger partial charge in [-0.25, -0.2) is 9.97 Å². The highest BCUT2D eigenvalue weighted by Gasteiger charge is 2.37. The van der Waals surface area contributed by atoms with Gasteiger partial charge in [0.1, 0.15) is 16.6 Å². The quantitative estimate of drug-likeness (QED) is 0.379. The topological polar surface area (TPSA) is 98.0 Å². The van der Waals surface area contributed by atoms with Crippen LogP contribution in [0.3, 0.4) is 0 Å². The fraction of sp³-hybridized carbons (Fsp3) is 0.519. The van der Waals surface area contributed by atoms with Crippen LogP contribution in [-0.2, 0) is 4.79 Å². The molecule has 2 aliphatic heterocycles. The smallest absolute Gasteiger partial charge is 0.225 e. The number of pyridine rings is 2. The summed E-state index contributed by atoms with van der Waals surface area (Å²) in [7, 11) is 0. The highest BCUT2D eigenvalue weighted by molar-refractivity contribution is 6.29. The first-order valence-corrected chi connectivity index (χ1v) is 13.6. The Labute approximate surface area is 216 Å². The highest BCUT2D eigenvalue weighted by atomic mass is 35.5. The molecule has 0 aromatic carbocycles. The largest absolute Gasteiger partial charge is 0.367 e. The fourth-order valence-electron chi connectivity index (χ4n) is 5.98. The van der Waals surface area contributed by atoms with E-state index in [1.807, 2.05) is 18.3 Å². The van der Waals surface area contributed by atoms with Crippen LogP contribution in [0.5, 0.6) is 0 Å². The summed E-state index contributed by atoms with van der Waals surface area (Å²) in [5.41, 5.74) is 2.93. The van der Waals surface area contributed by atoms with E-state index < -0.39 is 0 Å². The SMILES string of the molecule is O=C(NC1CCC(Nc2cc(-c3c[nH]c4ncccc34)cc(Cl)n2)CC1)C1CN(C2CCNCC2)C1. The van der Waals surface area contributed by atoms with Gasteiger partial charge < -0.3 is 20.9 Å². The van der Waals surface area contributed by atoms with Crippen molar-refractivity contribution in [3.05, 3.63) is 41.8 Å². The molecule has 0 unspecified atom stereocenters. The molecule has 2 saturated heterocycles. The third kappa shape index (κ3) is 5.08. The number of nitrogens with zero attached hydrogens (tertiary/aromatic N) is 3. The highest BCUT2D eigenvalue weighted by Crippen LogP contribution is 2.32. The van der Waals surface area contributed by atoms with Crippen molar-refractivity contribution in [2.45, 2.75) is 56.7 Å². The minimum atomic E-state index is 0.157. The molecule has 9 heteroatoms. The zero-order chi connectivity index (χ0) is 24.5. The molecule has 6 rings (SSSR count). The molecule has 190 valence electrons. The normalized spacial score (nSPS) is 23.9. The van der Waals surface area contributed by atoms with Gasteiger partial charge >= 0.3 is 0 Å². The van der Waals surface area contributed by atoms with Crippen molar-refractivity contribution in [2.24, 2.45) is 5.92 Å². The molecule has 1 aliphatic carbocycles. The lowest BCUT2D eigenvalue weighted by Gasteiger charge is -2.45. The van der Waals surface area contributed by atoms with Gasteiger partial charge in [0.15, 0.2) is 0 Å². The van der Waals surface area contributed by atoms with E-state index in [0.29, 0.717) is 17.2 Å². The molecule has 3 fully saturated rings. The van der Waals surface area contributed by atoms with E-state index in [1.165, 1.54) is 12.8 Å². The summed E-state index contributed by atoms with van der Waals surface area (Å²) in [6.45, 7) is 4.04. The Morgan fingerprint density at radius 1 is 1.06 bits per heavy atom. The standard InChI is InChI=1S/C27H34ClN7O/c28-24-12-17(23-14-31-26-22(23)2-1-9-30-26)13-25(34-24)32-19-3-5-20(6-4-19)33-27(36)18-15-35(16-18)21-7-10-29-11-8-21/h1-2,9,12-14,18-21,29H,3-8,10-11,15-16H2,(H,30,31)(H,32,34)(H,33,36). The van der Waals surface area contributed by atoms with Gasteiger partial charge in [0.2, 0.25) is 5.91 Å². The molecule has 4 N–H and O–H groups in total. The summed E-state index contributed by atoms with van der Waals surface area (Å²) in [5, 5.41) is 11.9.